The number of hydrogen-bond donors (Lipinski definition) is 0. The molecule has 0 spiro atoms. The standard InChI is InChI=1S/C27H52O12/c1-5-6-25(28)38-24-23-37-22-21-36-20-19-35-18-17-34-16-15-33-14-13-32-12-11-31-10-9-30-8-7-26(29)39-27(2,3)4/h5-24H2,1-4H3. The maximum atomic E-state index is 11.5. The molecule has 12 nitrogen and oxygen atoms in total. The second-order valence-corrected chi connectivity index (χ2v) is 9.21. The van der Waals surface area contributed by atoms with E-state index >= 15 is 0 Å². The zero-order valence-corrected chi connectivity index (χ0v) is 24.5. The van der Waals surface area contributed by atoms with E-state index in [1.54, 1.807) is 0 Å². The third kappa shape index (κ3) is 32.7. The van der Waals surface area contributed by atoms with Crippen molar-refractivity contribution in [3.8, 4) is 0 Å². The number of esters is 2. The van der Waals surface area contributed by atoms with Crippen LogP contribution in [0.15, 0.2) is 0 Å². The van der Waals surface area contributed by atoms with Gasteiger partial charge < -0.3 is 47.4 Å². The summed E-state index contributed by atoms with van der Waals surface area (Å²) in [6, 6.07) is 0. The lowest BCUT2D eigenvalue weighted by Crippen LogP contribution is -2.24. The molecule has 0 aliphatic heterocycles. The van der Waals surface area contributed by atoms with Gasteiger partial charge in [0.1, 0.15) is 12.2 Å². The summed E-state index contributed by atoms with van der Waals surface area (Å²) in [4.78, 5) is 22.7. The van der Waals surface area contributed by atoms with Crippen molar-refractivity contribution in [2.45, 2.75) is 52.6 Å². The minimum Gasteiger partial charge on any atom is -0.463 e. The molecular formula is C27H52O12. The fourth-order valence-corrected chi connectivity index (χ4v) is 2.68. The Morgan fingerprint density at radius 1 is 0.436 bits per heavy atom. The van der Waals surface area contributed by atoms with Crippen LogP contribution < -0.4 is 0 Å². The summed E-state index contributed by atoms with van der Waals surface area (Å²) in [5.74, 6) is -0.457. The molecule has 0 fully saturated rings. The molecule has 0 aliphatic rings. The molecule has 39 heavy (non-hydrogen) atoms. The van der Waals surface area contributed by atoms with Crippen molar-refractivity contribution in [1.82, 2.24) is 0 Å². The van der Waals surface area contributed by atoms with E-state index in [4.69, 9.17) is 47.4 Å². The molecule has 0 rings (SSSR count). The Hall–Kier alpha value is -1.38. The number of carbonyl (C=O) groups is 2. The van der Waals surface area contributed by atoms with E-state index in [0.29, 0.717) is 112 Å². The third-order valence-corrected chi connectivity index (χ3v) is 4.42. The first-order valence-corrected chi connectivity index (χ1v) is 13.8. The topological polar surface area (TPSA) is 126 Å². The fraction of sp³-hybridized carbons (Fsp3) is 0.926. The summed E-state index contributed by atoms with van der Waals surface area (Å²) < 4.78 is 53.4. The van der Waals surface area contributed by atoms with Crippen molar-refractivity contribution < 1.29 is 57.0 Å². The third-order valence-electron chi connectivity index (χ3n) is 4.42. The Labute approximate surface area is 234 Å². The fourth-order valence-electron chi connectivity index (χ4n) is 2.68. The zero-order chi connectivity index (χ0) is 28.9. The van der Waals surface area contributed by atoms with Gasteiger partial charge in [-0.3, -0.25) is 9.59 Å². The summed E-state index contributed by atoms with van der Waals surface area (Å²) in [5, 5.41) is 0. The van der Waals surface area contributed by atoms with E-state index in [2.05, 4.69) is 0 Å². The van der Waals surface area contributed by atoms with Crippen molar-refractivity contribution >= 4 is 11.9 Å². The molecular weight excluding hydrogens is 516 g/mol. The first-order chi connectivity index (χ1) is 18.8. The summed E-state index contributed by atoms with van der Waals surface area (Å²) in [5.41, 5.74) is -0.473. The van der Waals surface area contributed by atoms with Crippen LogP contribution in [-0.2, 0) is 57.0 Å². The van der Waals surface area contributed by atoms with E-state index in [-0.39, 0.29) is 25.0 Å². The van der Waals surface area contributed by atoms with Crippen LogP contribution in [0.4, 0.5) is 0 Å². The lowest BCUT2D eigenvalue weighted by atomic mass is 10.2. The van der Waals surface area contributed by atoms with Gasteiger partial charge >= 0.3 is 11.9 Å². The summed E-state index contributed by atoms with van der Waals surface area (Å²) in [6.07, 6.45) is 1.45. The number of ether oxygens (including phenoxy) is 10. The average Bonchev–Trinajstić information content (AvgIpc) is 2.87. The highest BCUT2D eigenvalue weighted by Crippen LogP contribution is 2.08. The SMILES string of the molecule is CCCC(=O)OCCOCCOCCOCCOCCOCCOCCOCCOCCC(=O)OC(C)(C)C. The van der Waals surface area contributed by atoms with Crippen molar-refractivity contribution in [2.75, 3.05) is 112 Å². The first kappa shape index (κ1) is 37.6. The van der Waals surface area contributed by atoms with Crippen molar-refractivity contribution in [2.24, 2.45) is 0 Å². The minimum atomic E-state index is -0.473. The van der Waals surface area contributed by atoms with Crippen LogP contribution in [0.1, 0.15) is 47.0 Å². The van der Waals surface area contributed by atoms with E-state index in [9.17, 15) is 9.59 Å². The molecule has 0 atom stereocenters. The monoisotopic (exact) mass is 568 g/mol. The lowest BCUT2D eigenvalue weighted by Gasteiger charge is -2.19. The molecule has 0 heterocycles. The van der Waals surface area contributed by atoms with Crippen LogP contribution in [0.3, 0.4) is 0 Å². The molecule has 0 aliphatic carbocycles. The lowest BCUT2D eigenvalue weighted by molar-refractivity contribution is -0.156. The van der Waals surface area contributed by atoms with E-state index < -0.39 is 5.60 Å². The quantitative estimate of drug-likeness (QED) is 0.0970. The Morgan fingerprint density at radius 2 is 0.744 bits per heavy atom. The molecule has 0 saturated carbocycles. The molecule has 0 bridgehead atoms. The van der Waals surface area contributed by atoms with Gasteiger partial charge in [-0.05, 0) is 27.2 Å². The summed E-state index contributed by atoms with van der Waals surface area (Å²) in [6.45, 7) is 15.0. The van der Waals surface area contributed by atoms with Crippen LogP contribution in [0.2, 0.25) is 0 Å². The molecule has 232 valence electrons. The van der Waals surface area contributed by atoms with E-state index in [1.807, 2.05) is 27.7 Å². The average molecular weight is 569 g/mol. The predicted molar refractivity (Wildman–Crippen MR) is 143 cm³/mol. The Morgan fingerprint density at radius 3 is 1.05 bits per heavy atom. The first-order valence-electron chi connectivity index (χ1n) is 13.8. The van der Waals surface area contributed by atoms with Crippen LogP contribution in [0.25, 0.3) is 0 Å². The van der Waals surface area contributed by atoms with Gasteiger partial charge in [-0.2, -0.15) is 0 Å². The number of rotatable bonds is 29. The van der Waals surface area contributed by atoms with Gasteiger partial charge in [-0.15, -0.1) is 0 Å². The van der Waals surface area contributed by atoms with Gasteiger partial charge in [0.05, 0.1) is 112 Å². The van der Waals surface area contributed by atoms with Crippen molar-refractivity contribution in [3.63, 3.8) is 0 Å². The van der Waals surface area contributed by atoms with Crippen LogP contribution in [-0.4, -0.2) is 130 Å². The van der Waals surface area contributed by atoms with Crippen molar-refractivity contribution in [3.05, 3.63) is 0 Å². The Balaban J connectivity index is 3.12. The molecule has 0 aromatic heterocycles. The highest BCUT2D eigenvalue weighted by molar-refractivity contribution is 5.70. The predicted octanol–water partition coefficient (Wildman–Crippen LogP) is 2.19. The van der Waals surface area contributed by atoms with Gasteiger partial charge in [0.25, 0.3) is 0 Å². The second kappa shape index (κ2) is 28.2. The molecule has 0 saturated heterocycles. The normalized spacial score (nSPS) is 11.6. The van der Waals surface area contributed by atoms with Crippen LogP contribution in [0.5, 0.6) is 0 Å². The molecule has 0 amide bonds. The van der Waals surface area contributed by atoms with Gasteiger partial charge in [0, 0.05) is 6.42 Å². The molecule has 0 radical (unpaired) electrons. The minimum absolute atomic E-state index is 0.191. The summed E-state index contributed by atoms with van der Waals surface area (Å²) in [7, 11) is 0. The van der Waals surface area contributed by atoms with Gasteiger partial charge in [-0.1, -0.05) is 6.92 Å². The van der Waals surface area contributed by atoms with Crippen LogP contribution >= 0.6 is 0 Å². The molecule has 12 heteroatoms. The summed E-state index contributed by atoms with van der Waals surface area (Å²) >= 11 is 0. The molecule has 0 N–H and O–H groups in total. The van der Waals surface area contributed by atoms with Gasteiger partial charge in [0.2, 0.25) is 0 Å². The van der Waals surface area contributed by atoms with E-state index in [0.717, 1.165) is 6.42 Å². The maximum Gasteiger partial charge on any atom is 0.308 e. The highest BCUT2D eigenvalue weighted by Gasteiger charge is 2.15. The molecule has 0 aromatic rings. The molecule has 0 aromatic carbocycles. The van der Waals surface area contributed by atoms with Gasteiger partial charge in [0.15, 0.2) is 0 Å². The largest absolute Gasteiger partial charge is 0.463 e. The molecule has 0 unspecified atom stereocenters. The second-order valence-electron chi connectivity index (χ2n) is 9.21. The maximum absolute atomic E-state index is 11.5. The smallest absolute Gasteiger partial charge is 0.308 e. The van der Waals surface area contributed by atoms with Crippen molar-refractivity contribution in [1.29, 1.82) is 0 Å². The number of hydrogen-bond acceptors (Lipinski definition) is 12. The zero-order valence-electron chi connectivity index (χ0n) is 24.5. The van der Waals surface area contributed by atoms with E-state index in [1.165, 1.54) is 0 Å². The number of carbonyl (C=O) groups excluding carboxylic acids is 2. The van der Waals surface area contributed by atoms with Crippen LogP contribution in [0, 0.1) is 0 Å². The Kier molecular flexibility index (Phi) is 27.2. The Bertz CT molecular complexity index is 553. The highest BCUT2D eigenvalue weighted by atomic mass is 16.6. The van der Waals surface area contributed by atoms with Gasteiger partial charge in [-0.25, -0.2) is 0 Å².